The second kappa shape index (κ2) is 7.92. The highest BCUT2D eigenvalue weighted by atomic mass is 32.1. The molecule has 0 aliphatic rings. The van der Waals surface area contributed by atoms with Crippen LogP contribution >= 0.6 is 25.3 Å². The lowest BCUT2D eigenvalue weighted by Gasteiger charge is -2.28. The molecule has 0 aliphatic carbocycles. The minimum Gasteiger partial charge on any atom is -0.175 e. The van der Waals surface area contributed by atoms with Crippen molar-refractivity contribution < 1.29 is 0 Å². The Morgan fingerprint density at radius 3 is 2.07 bits per heavy atom. The summed E-state index contributed by atoms with van der Waals surface area (Å²) in [4.78, 5) is 0. The van der Waals surface area contributed by atoms with Gasteiger partial charge in [0.25, 0.3) is 0 Å². The monoisotopic (exact) mass is 234 g/mol. The lowest BCUT2D eigenvalue weighted by atomic mass is 9.88. The van der Waals surface area contributed by atoms with Gasteiger partial charge in [-0.05, 0) is 18.3 Å². The van der Waals surface area contributed by atoms with E-state index >= 15 is 0 Å². The molecule has 0 heterocycles. The van der Waals surface area contributed by atoms with E-state index < -0.39 is 0 Å². The molecule has 4 unspecified atom stereocenters. The molecular formula is C12H26S2. The normalized spacial score (nSPS) is 20.1. The van der Waals surface area contributed by atoms with Gasteiger partial charge < -0.3 is 0 Å². The number of hydrogen-bond acceptors (Lipinski definition) is 2. The molecule has 0 nitrogen and oxygen atoms in total. The maximum Gasteiger partial charge on any atom is 0.0161 e. The van der Waals surface area contributed by atoms with Crippen LogP contribution in [0.2, 0.25) is 0 Å². The van der Waals surface area contributed by atoms with E-state index in [1.807, 2.05) is 0 Å². The summed E-state index contributed by atoms with van der Waals surface area (Å²) in [5.74, 6) is 1.43. The van der Waals surface area contributed by atoms with Gasteiger partial charge >= 0.3 is 0 Å². The van der Waals surface area contributed by atoms with Crippen molar-refractivity contribution in [3.63, 3.8) is 0 Å². The highest BCUT2D eigenvalue weighted by Crippen LogP contribution is 2.28. The van der Waals surface area contributed by atoms with Crippen LogP contribution in [0.4, 0.5) is 0 Å². The van der Waals surface area contributed by atoms with E-state index in [0.29, 0.717) is 16.4 Å². The molecule has 0 spiro atoms. The van der Waals surface area contributed by atoms with Gasteiger partial charge in [0, 0.05) is 10.5 Å². The number of unbranched alkanes of at least 4 members (excludes halogenated alkanes) is 1. The van der Waals surface area contributed by atoms with E-state index in [4.69, 9.17) is 12.6 Å². The standard InChI is InChI=1S/C12H26S2/c1-5-7-8-11(13)12(14)10(4)9(3)6-2/h9-14H,5-8H2,1-4H3. The molecule has 0 radical (unpaired) electrons. The van der Waals surface area contributed by atoms with E-state index in [1.54, 1.807) is 0 Å². The Morgan fingerprint density at radius 1 is 1.07 bits per heavy atom. The first-order valence-corrected chi connectivity index (χ1v) is 6.93. The minimum atomic E-state index is 0.444. The fraction of sp³-hybridized carbons (Fsp3) is 1.00. The van der Waals surface area contributed by atoms with E-state index in [2.05, 4.69) is 40.3 Å². The van der Waals surface area contributed by atoms with Crippen molar-refractivity contribution in [2.24, 2.45) is 11.8 Å². The Morgan fingerprint density at radius 2 is 1.64 bits per heavy atom. The van der Waals surface area contributed by atoms with E-state index in [0.717, 1.165) is 5.92 Å². The van der Waals surface area contributed by atoms with Crippen molar-refractivity contribution in [1.82, 2.24) is 0 Å². The van der Waals surface area contributed by atoms with Crippen molar-refractivity contribution in [3.8, 4) is 0 Å². The van der Waals surface area contributed by atoms with Crippen molar-refractivity contribution in [1.29, 1.82) is 0 Å². The molecule has 0 bridgehead atoms. The van der Waals surface area contributed by atoms with E-state index in [1.165, 1.54) is 25.7 Å². The third kappa shape index (κ3) is 4.97. The molecule has 0 saturated heterocycles. The van der Waals surface area contributed by atoms with Crippen molar-refractivity contribution in [2.75, 3.05) is 0 Å². The predicted octanol–water partition coefficient (Wildman–Crippen LogP) is 4.46. The van der Waals surface area contributed by atoms with Crippen molar-refractivity contribution in [3.05, 3.63) is 0 Å². The predicted molar refractivity (Wildman–Crippen MR) is 73.7 cm³/mol. The molecule has 0 aromatic heterocycles. The topological polar surface area (TPSA) is 0 Å². The van der Waals surface area contributed by atoms with Gasteiger partial charge in [0.2, 0.25) is 0 Å². The Bertz CT molecular complexity index is 136. The molecule has 2 heteroatoms. The molecule has 14 heavy (non-hydrogen) atoms. The van der Waals surface area contributed by atoms with Crippen LogP contribution < -0.4 is 0 Å². The molecule has 0 amide bonds. The Hall–Kier alpha value is 0.700. The number of rotatable bonds is 7. The zero-order chi connectivity index (χ0) is 11.1. The first-order valence-electron chi connectivity index (χ1n) is 5.90. The average Bonchev–Trinajstić information content (AvgIpc) is 2.22. The maximum atomic E-state index is 4.71. The molecule has 0 saturated carbocycles. The third-order valence-corrected chi connectivity index (χ3v) is 4.97. The van der Waals surface area contributed by atoms with E-state index in [9.17, 15) is 0 Å². The van der Waals surface area contributed by atoms with Gasteiger partial charge in [0.1, 0.15) is 0 Å². The summed E-state index contributed by atoms with van der Waals surface area (Å²) < 4.78 is 0. The van der Waals surface area contributed by atoms with Crippen LogP contribution in [0.1, 0.15) is 53.4 Å². The fourth-order valence-corrected chi connectivity index (χ4v) is 2.54. The molecule has 0 rings (SSSR count). The summed E-state index contributed by atoms with van der Waals surface area (Å²) in [7, 11) is 0. The van der Waals surface area contributed by atoms with Gasteiger partial charge in [-0.25, -0.2) is 0 Å². The molecule has 86 valence electrons. The highest BCUT2D eigenvalue weighted by Gasteiger charge is 2.23. The largest absolute Gasteiger partial charge is 0.175 e. The molecule has 0 fully saturated rings. The molecule has 0 aromatic carbocycles. The first-order chi connectivity index (χ1) is 6.54. The third-order valence-electron chi connectivity index (χ3n) is 3.33. The highest BCUT2D eigenvalue weighted by molar-refractivity contribution is 7.85. The summed E-state index contributed by atoms with van der Waals surface area (Å²) in [6.45, 7) is 9.10. The zero-order valence-electron chi connectivity index (χ0n) is 10.0. The Labute approximate surface area is 101 Å². The molecule has 0 N–H and O–H groups in total. The average molecular weight is 234 g/mol. The van der Waals surface area contributed by atoms with Crippen LogP contribution in [0.5, 0.6) is 0 Å². The molecule has 0 aromatic rings. The van der Waals surface area contributed by atoms with Gasteiger partial charge in [0.15, 0.2) is 0 Å². The van der Waals surface area contributed by atoms with Gasteiger partial charge in [-0.1, -0.05) is 47.0 Å². The summed E-state index contributed by atoms with van der Waals surface area (Å²) in [6, 6.07) is 0. The fourth-order valence-electron chi connectivity index (χ4n) is 1.64. The summed E-state index contributed by atoms with van der Waals surface area (Å²) in [5, 5.41) is 0.905. The van der Waals surface area contributed by atoms with Crippen LogP contribution in [0.25, 0.3) is 0 Å². The smallest absolute Gasteiger partial charge is 0.0161 e. The lowest BCUT2D eigenvalue weighted by molar-refractivity contribution is 0.358. The molecule has 4 atom stereocenters. The van der Waals surface area contributed by atoms with Crippen molar-refractivity contribution in [2.45, 2.75) is 63.9 Å². The van der Waals surface area contributed by atoms with Gasteiger partial charge in [0.05, 0.1) is 0 Å². The van der Waals surface area contributed by atoms with Crippen LogP contribution in [0.3, 0.4) is 0 Å². The molecular weight excluding hydrogens is 208 g/mol. The number of thiol groups is 2. The summed E-state index contributed by atoms with van der Waals surface area (Å²) in [5.41, 5.74) is 0. The van der Waals surface area contributed by atoms with Crippen LogP contribution in [0.15, 0.2) is 0 Å². The van der Waals surface area contributed by atoms with E-state index in [-0.39, 0.29) is 0 Å². The van der Waals surface area contributed by atoms with Crippen molar-refractivity contribution >= 4 is 25.3 Å². The molecule has 0 aliphatic heterocycles. The number of hydrogen-bond donors (Lipinski definition) is 2. The summed E-state index contributed by atoms with van der Waals surface area (Å²) in [6.07, 6.45) is 4.98. The minimum absolute atomic E-state index is 0.444. The quantitative estimate of drug-likeness (QED) is 0.597. The summed E-state index contributed by atoms with van der Waals surface area (Å²) >= 11 is 9.37. The Kier molecular flexibility index (Phi) is 8.32. The second-order valence-corrected chi connectivity index (χ2v) is 5.70. The van der Waals surface area contributed by atoms with Gasteiger partial charge in [-0.15, -0.1) is 0 Å². The SMILES string of the molecule is CCCCC(S)C(S)C(C)C(C)CC. The van der Waals surface area contributed by atoms with Gasteiger partial charge in [-0.3, -0.25) is 0 Å². The first kappa shape index (κ1) is 14.7. The maximum absolute atomic E-state index is 4.71. The second-order valence-electron chi connectivity index (χ2n) is 4.44. The van der Waals surface area contributed by atoms with Crippen LogP contribution in [-0.4, -0.2) is 10.5 Å². The van der Waals surface area contributed by atoms with Crippen LogP contribution in [0, 0.1) is 11.8 Å². The zero-order valence-corrected chi connectivity index (χ0v) is 11.8. The Balaban J connectivity index is 3.95. The lowest BCUT2D eigenvalue weighted by Crippen LogP contribution is -2.27. The van der Waals surface area contributed by atoms with Crippen LogP contribution in [-0.2, 0) is 0 Å². The van der Waals surface area contributed by atoms with Gasteiger partial charge in [-0.2, -0.15) is 25.3 Å².